The van der Waals surface area contributed by atoms with E-state index in [1.54, 1.807) is 6.20 Å². The van der Waals surface area contributed by atoms with E-state index >= 15 is 0 Å². The van der Waals surface area contributed by atoms with Crippen LogP contribution in [-0.4, -0.2) is 26.3 Å². The Morgan fingerprint density at radius 1 is 1.56 bits per heavy atom. The van der Waals surface area contributed by atoms with Crippen molar-refractivity contribution in [1.29, 1.82) is 0 Å². The van der Waals surface area contributed by atoms with Gasteiger partial charge in [0.25, 0.3) is 5.91 Å². The molecule has 16 heavy (non-hydrogen) atoms. The standard InChI is InChI=1S/C9H12N6O/c1-5-6(4-12-13-5)3-11-9(16)7-2-8(10)15-14-7/h2,4H,3H2,1H3,(H,11,16)(H,12,13)(H3,10,14,15). The van der Waals surface area contributed by atoms with E-state index in [-0.39, 0.29) is 5.91 Å². The van der Waals surface area contributed by atoms with Gasteiger partial charge in [-0.05, 0) is 6.92 Å². The number of hydrogen-bond donors (Lipinski definition) is 4. The van der Waals surface area contributed by atoms with Crippen LogP contribution >= 0.6 is 0 Å². The third kappa shape index (κ3) is 2.02. The molecule has 0 aromatic carbocycles. The largest absolute Gasteiger partial charge is 0.382 e. The van der Waals surface area contributed by atoms with Gasteiger partial charge in [0.05, 0.1) is 6.20 Å². The van der Waals surface area contributed by atoms with Gasteiger partial charge in [0.1, 0.15) is 11.5 Å². The molecule has 7 nitrogen and oxygen atoms in total. The lowest BCUT2D eigenvalue weighted by molar-refractivity contribution is 0.0946. The highest BCUT2D eigenvalue weighted by Crippen LogP contribution is 2.03. The number of H-pyrrole nitrogens is 2. The summed E-state index contributed by atoms with van der Waals surface area (Å²) in [6, 6.07) is 1.48. The Kier molecular flexibility index (Phi) is 2.59. The zero-order valence-electron chi connectivity index (χ0n) is 8.74. The third-order valence-electron chi connectivity index (χ3n) is 2.22. The van der Waals surface area contributed by atoms with Crippen molar-refractivity contribution in [3.05, 3.63) is 29.2 Å². The van der Waals surface area contributed by atoms with E-state index in [9.17, 15) is 4.79 Å². The molecule has 0 spiro atoms. The van der Waals surface area contributed by atoms with Crippen LogP contribution in [0.5, 0.6) is 0 Å². The first kappa shape index (κ1) is 10.2. The quantitative estimate of drug-likeness (QED) is 0.581. The monoisotopic (exact) mass is 220 g/mol. The molecule has 0 radical (unpaired) electrons. The summed E-state index contributed by atoms with van der Waals surface area (Å²) < 4.78 is 0. The van der Waals surface area contributed by atoms with Crippen LogP contribution in [0.2, 0.25) is 0 Å². The second kappa shape index (κ2) is 4.05. The Morgan fingerprint density at radius 3 is 2.94 bits per heavy atom. The fourth-order valence-corrected chi connectivity index (χ4v) is 1.28. The van der Waals surface area contributed by atoms with Gasteiger partial charge >= 0.3 is 0 Å². The average Bonchev–Trinajstić information content (AvgIpc) is 2.84. The molecule has 2 aromatic rings. The molecule has 7 heteroatoms. The van der Waals surface area contributed by atoms with Crippen LogP contribution in [0.4, 0.5) is 5.82 Å². The first-order valence-corrected chi connectivity index (χ1v) is 4.74. The number of nitrogens with two attached hydrogens (primary N) is 1. The van der Waals surface area contributed by atoms with Gasteiger partial charge in [-0.2, -0.15) is 10.2 Å². The molecule has 0 atom stereocenters. The molecule has 5 N–H and O–H groups in total. The van der Waals surface area contributed by atoms with Crippen molar-refractivity contribution < 1.29 is 4.79 Å². The van der Waals surface area contributed by atoms with E-state index in [1.807, 2.05) is 6.92 Å². The fraction of sp³-hybridized carbons (Fsp3) is 0.222. The summed E-state index contributed by atoms with van der Waals surface area (Å²) >= 11 is 0. The van der Waals surface area contributed by atoms with Crippen LogP contribution in [0.25, 0.3) is 0 Å². The number of hydrogen-bond acceptors (Lipinski definition) is 4. The molecular weight excluding hydrogens is 208 g/mol. The molecule has 2 rings (SSSR count). The molecular formula is C9H12N6O. The van der Waals surface area contributed by atoms with Crippen molar-refractivity contribution in [1.82, 2.24) is 25.7 Å². The zero-order valence-corrected chi connectivity index (χ0v) is 8.74. The number of carbonyl (C=O) groups is 1. The van der Waals surface area contributed by atoms with Crippen molar-refractivity contribution in [3.63, 3.8) is 0 Å². The van der Waals surface area contributed by atoms with E-state index in [4.69, 9.17) is 5.73 Å². The second-order valence-electron chi connectivity index (χ2n) is 3.41. The number of aromatic amines is 2. The summed E-state index contributed by atoms with van der Waals surface area (Å²) in [5.41, 5.74) is 7.62. The number of aryl methyl sites for hydroxylation is 1. The topological polar surface area (TPSA) is 112 Å². The maximum atomic E-state index is 11.6. The van der Waals surface area contributed by atoms with Crippen molar-refractivity contribution in [2.45, 2.75) is 13.5 Å². The lowest BCUT2D eigenvalue weighted by Gasteiger charge is -2.01. The van der Waals surface area contributed by atoms with Gasteiger partial charge in [-0.25, -0.2) is 0 Å². The van der Waals surface area contributed by atoms with E-state index in [0.717, 1.165) is 11.3 Å². The number of nitrogens with one attached hydrogen (secondary N) is 3. The van der Waals surface area contributed by atoms with Gasteiger partial charge in [-0.15, -0.1) is 0 Å². The SMILES string of the molecule is Cc1[nH]ncc1CNC(=O)c1cc(N)n[nH]1. The summed E-state index contributed by atoms with van der Waals surface area (Å²) in [5, 5.41) is 15.6. The van der Waals surface area contributed by atoms with Crippen LogP contribution in [0.1, 0.15) is 21.7 Å². The molecule has 0 aliphatic carbocycles. The summed E-state index contributed by atoms with van der Waals surface area (Å²) in [5.74, 6) is 0.0504. The number of aromatic nitrogens is 4. The number of nitrogen functional groups attached to an aromatic ring is 1. The molecule has 2 aromatic heterocycles. The van der Waals surface area contributed by atoms with Gasteiger partial charge in [0, 0.05) is 23.9 Å². The summed E-state index contributed by atoms with van der Waals surface area (Å²) in [4.78, 5) is 11.6. The normalized spacial score (nSPS) is 10.3. The fourth-order valence-electron chi connectivity index (χ4n) is 1.28. The van der Waals surface area contributed by atoms with Crippen molar-refractivity contribution in [2.24, 2.45) is 0 Å². The third-order valence-corrected chi connectivity index (χ3v) is 2.22. The maximum Gasteiger partial charge on any atom is 0.269 e. The number of carbonyl (C=O) groups excluding carboxylic acids is 1. The Labute approximate surface area is 91.4 Å². The molecule has 0 bridgehead atoms. The lowest BCUT2D eigenvalue weighted by atomic mass is 10.2. The average molecular weight is 220 g/mol. The molecule has 0 saturated carbocycles. The molecule has 0 aliphatic heterocycles. The summed E-state index contributed by atoms with van der Waals surface area (Å²) in [7, 11) is 0. The molecule has 84 valence electrons. The van der Waals surface area contributed by atoms with Crippen LogP contribution < -0.4 is 11.1 Å². The van der Waals surface area contributed by atoms with Crippen LogP contribution in [0.3, 0.4) is 0 Å². The molecule has 2 heterocycles. The number of nitrogens with zero attached hydrogens (tertiary/aromatic N) is 2. The minimum Gasteiger partial charge on any atom is -0.382 e. The number of anilines is 1. The second-order valence-corrected chi connectivity index (χ2v) is 3.41. The summed E-state index contributed by atoms with van der Waals surface area (Å²) in [6.07, 6.45) is 1.68. The van der Waals surface area contributed by atoms with E-state index in [1.165, 1.54) is 6.07 Å². The Hall–Kier alpha value is -2.31. The highest BCUT2D eigenvalue weighted by molar-refractivity contribution is 5.92. The molecule has 0 unspecified atom stereocenters. The van der Waals surface area contributed by atoms with Gasteiger partial charge < -0.3 is 11.1 Å². The van der Waals surface area contributed by atoms with Gasteiger partial charge in [0.2, 0.25) is 0 Å². The maximum absolute atomic E-state index is 11.6. The van der Waals surface area contributed by atoms with Crippen molar-refractivity contribution >= 4 is 11.7 Å². The number of rotatable bonds is 3. The zero-order chi connectivity index (χ0) is 11.5. The van der Waals surface area contributed by atoms with E-state index < -0.39 is 0 Å². The van der Waals surface area contributed by atoms with E-state index in [0.29, 0.717) is 18.1 Å². The highest BCUT2D eigenvalue weighted by Gasteiger charge is 2.09. The molecule has 0 aliphatic rings. The van der Waals surface area contributed by atoms with Gasteiger partial charge in [0.15, 0.2) is 0 Å². The molecule has 1 amide bonds. The first-order valence-electron chi connectivity index (χ1n) is 4.74. The van der Waals surface area contributed by atoms with E-state index in [2.05, 4.69) is 25.7 Å². The minimum absolute atomic E-state index is 0.246. The predicted molar refractivity (Wildman–Crippen MR) is 57.5 cm³/mol. The number of amides is 1. The first-order chi connectivity index (χ1) is 7.66. The Morgan fingerprint density at radius 2 is 2.38 bits per heavy atom. The van der Waals surface area contributed by atoms with Gasteiger partial charge in [-0.1, -0.05) is 0 Å². The van der Waals surface area contributed by atoms with Crippen LogP contribution in [-0.2, 0) is 6.54 Å². The van der Waals surface area contributed by atoms with Gasteiger partial charge in [-0.3, -0.25) is 15.0 Å². The lowest BCUT2D eigenvalue weighted by Crippen LogP contribution is -2.23. The van der Waals surface area contributed by atoms with Crippen LogP contribution in [0.15, 0.2) is 12.3 Å². The van der Waals surface area contributed by atoms with Crippen molar-refractivity contribution in [3.8, 4) is 0 Å². The van der Waals surface area contributed by atoms with Crippen molar-refractivity contribution in [2.75, 3.05) is 5.73 Å². The van der Waals surface area contributed by atoms with Crippen LogP contribution in [0, 0.1) is 6.92 Å². The summed E-state index contributed by atoms with van der Waals surface area (Å²) in [6.45, 7) is 2.31. The smallest absolute Gasteiger partial charge is 0.269 e. The molecule has 0 fully saturated rings. The minimum atomic E-state index is -0.246. The Balaban J connectivity index is 1.96. The Bertz CT molecular complexity index is 500. The highest BCUT2D eigenvalue weighted by atomic mass is 16.1. The predicted octanol–water partition coefficient (Wildman–Crippen LogP) is -0.0466. The molecule has 0 saturated heterocycles.